The molecule has 0 spiro atoms. The number of likely N-dealkylation sites (N-methyl/N-ethyl adjacent to an activating group) is 2. The third-order valence-electron chi connectivity index (χ3n) is 6.91. The van der Waals surface area contributed by atoms with Gasteiger partial charge in [0.05, 0.1) is 0 Å². The molecule has 1 aliphatic carbocycles. The molecule has 1 aliphatic rings. The Kier molecular flexibility index (Phi) is 8.46. The molecule has 0 aromatic heterocycles. The van der Waals surface area contributed by atoms with Gasteiger partial charge in [0.15, 0.2) is 0 Å². The van der Waals surface area contributed by atoms with Gasteiger partial charge >= 0.3 is 12.1 Å². The Bertz CT molecular complexity index is 1240. The van der Waals surface area contributed by atoms with Gasteiger partial charge in [0.1, 0.15) is 25.8 Å². The van der Waals surface area contributed by atoms with E-state index in [2.05, 4.69) is 24.3 Å². The van der Waals surface area contributed by atoms with E-state index in [1.54, 1.807) is 7.05 Å². The summed E-state index contributed by atoms with van der Waals surface area (Å²) in [6.45, 7) is 3.80. The molecule has 0 fully saturated rings. The van der Waals surface area contributed by atoms with Crippen molar-refractivity contribution in [3.63, 3.8) is 0 Å². The van der Waals surface area contributed by atoms with Crippen molar-refractivity contribution in [2.45, 2.75) is 32.4 Å². The highest BCUT2D eigenvalue weighted by Gasteiger charge is 2.35. The Morgan fingerprint density at radius 1 is 0.789 bits per heavy atom. The average molecular weight is 515 g/mol. The van der Waals surface area contributed by atoms with E-state index in [0.29, 0.717) is 0 Å². The van der Waals surface area contributed by atoms with Crippen LogP contribution in [-0.2, 0) is 25.7 Å². The number of amides is 2. The van der Waals surface area contributed by atoms with Crippen molar-refractivity contribution in [1.82, 2.24) is 9.80 Å². The first-order valence-corrected chi connectivity index (χ1v) is 12.8. The first kappa shape index (κ1) is 26.9. The third-order valence-corrected chi connectivity index (χ3v) is 6.91. The fourth-order valence-corrected chi connectivity index (χ4v) is 4.99. The van der Waals surface area contributed by atoms with Gasteiger partial charge in [0.2, 0.25) is 5.91 Å². The lowest BCUT2D eigenvalue weighted by atomic mass is 9.98. The molecule has 7 heteroatoms. The summed E-state index contributed by atoms with van der Waals surface area (Å²) in [5.41, 5.74) is 5.40. The molecule has 3 aromatic rings. The zero-order valence-electron chi connectivity index (χ0n) is 22.3. The van der Waals surface area contributed by atoms with E-state index >= 15 is 0 Å². The van der Waals surface area contributed by atoms with Crippen LogP contribution in [0, 0.1) is 5.92 Å². The van der Waals surface area contributed by atoms with Gasteiger partial charge in [0, 0.05) is 20.0 Å². The first-order valence-electron chi connectivity index (χ1n) is 12.8. The molecule has 0 N–H and O–H groups in total. The minimum atomic E-state index is -0.794. The fraction of sp³-hybridized carbons (Fsp3) is 0.323. The third kappa shape index (κ3) is 5.88. The number of benzene rings is 3. The summed E-state index contributed by atoms with van der Waals surface area (Å²) in [7, 11) is 3.09. The van der Waals surface area contributed by atoms with Crippen LogP contribution in [-0.4, -0.2) is 61.1 Å². The van der Waals surface area contributed by atoms with Gasteiger partial charge in [-0.05, 0) is 33.7 Å². The van der Waals surface area contributed by atoms with Crippen LogP contribution in [0.4, 0.5) is 4.79 Å². The highest BCUT2D eigenvalue weighted by Crippen LogP contribution is 2.44. The normalized spacial score (nSPS) is 12.9. The van der Waals surface area contributed by atoms with Crippen LogP contribution in [0.2, 0.25) is 0 Å². The van der Waals surface area contributed by atoms with Gasteiger partial charge in [-0.2, -0.15) is 0 Å². The van der Waals surface area contributed by atoms with Gasteiger partial charge in [-0.3, -0.25) is 14.5 Å². The summed E-state index contributed by atoms with van der Waals surface area (Å²) in [6.07, 6.45) is -0.584. The summed E-state index contributed by atoms with van der Waals surface area (Å²) >= 11 is 0. The van der Waals surface area contributed by atoms with E-state index < -0.39 is 18.1 Å². The van der Waals surface area contributed by atoms with Crippen molar-refractivity contribution >= 4 is 18.0 Å². The van der Waals surface area contributed by atoms with Crippen LogP contribution in [0.1, 0.15) is 36.5 Å². The molecule has 1 atom stereocenters. The van der Waals surface area contributed by atoms with E-state index in [1.807, 2.05) is 68.4 Å². The SMILES string of the molecule is CC(C)[C@@H](C(=O)N(C)CC(=O)OCc1ccccc1)N(C)C(=O)OCC1c2ccccc2-c2ccccc21. The van der Waals surface area contributed by atoms with Crippen molar-refractivity contribution < 1.29 is 23.9 Å². The van der Waals surface area contributed by atoms with E-state index in [-0.39, 0.29) is 37.5 Å². The van der Waals surface area contributed by atoms with Crippen molar-refractivity contribution in [1.29, 1.82) is 0 Å². The molecule has 0 aliphatic heterocycles. The molecular weight excluding hydrogens is 480 g/mol. The van der Waals surface area contributed by atoms with Crippen LogP contribution in [0.3, 0.4) is 0 Å². The molecule has 7 nitrogen and oxygen atoms in total. The molecule has 0 unspecified atom stereocenters. The number of carbonyl (C=O) groups is 3. The molecular formula is C31H34N2O5. The Hall–Kier alpha value is -4.13. The molecule has 0 heterocycles. The lowest BCUT2D eigenvalue weighted by Crippen LogP contribution is -2.52. The summed E-state index contributed by atoms with van der Waals surface area (Å²) in [5, 5.41) is 0. The standard InChI is InChI=1S/C31H34N2O5/c1-21(2)29(30(35)32(3)18-28(34)37-19-22-12-6-5-7-13-22)33(4)31(36)38-20-27-25-16-10-8-14-23(25)24-15-9-11-17-26(24)27/h5-17,21,27,29H,18-20H2,1-4H3/t29-/m0/s1. The predicted molar refractivity (Wildman–Crippen MR) is 145 cm³/mol. The lowest BCUT2D eigenvalue weighted by Gasteiger charge is -2.32. The molecule has 0 saturated carbocycles. The highest BCUT2D eigenvalue weighted by molar-refractivity contribution is 5.88. The van der Waals surface area contributed by atoms with Gasteiger partial charge in [0.25, 0.3) is 0 Å². The number of carbonyl (C=O) groups excluding carboxylic acids is 3. The van der Waals surface area contributed by atoms with E-state index in [4.69, 9.17) is 9.47 Å². The first-order chi connectivity index (χ1) is 18.3. The largest absolute Gasteiger partial charge is 0.459 e. The second-order valence-electron chi connectivity index (χ2n) is 9.94. The molecule has 3 aromatic carbocycles. The fourth-order valence-electron chi connectivity index (χ4n) is 4.99. The number of esters is 1. The van der Waals surface area contributed by atoms with Crippen molar-refractivity contribution in [2.24, 2.45) is 5.92 Å². The molecule has 0 radical (unpaired) electrons. The van der Waals surface area contributed by atoms with Gasteiger partial charge in [-0.1, -0.05) is 92.7 Å². The summed E-state index contributed by atoms with van der Waals surface area (Å²) in [4.78, 5) is 41.4. The number of hydrogen-bond acceptors (Lipinski definition) is 5. The molecule has 198 valence electrons. The monoisotopic (exact) mass is 514 g/mol. The Balaban J connectivity index is 1.37. The van der Waals surface area contributed by atoms with Crippen LogP contribution in [0.5, 0.6) is 0 Å². The van der Waals surface area contributed by atoms with Gasteiger partial charge < -0.3 is 14.4 Å². The van der Waals surface area contributed by atoms with Crippen molar-refractivity contribution in [3.05, 3.63) is 95.6 Å². The average Bonchev–Trinajstić information content (AvgIpc) is 3.24. The maximum atomic E-state index is 13.3. The molecule has 38 heavy (non-hydrogen) atoms. The van der Waals surface area contributed by atoms with Crippen LogP contribution < -0.4 is 0 Å². The van der Waals surface area contributed by atoms with E-state index in [9.17, 15) is 14.4 Å². The van der Waals surface area contributed by atoms with Crippen molar-refractivity contribution in [3.8, 4) is 11.1 Å². The molecule has 0 bridgehead atoms. The zero-order valence-corrected chi connectivity index (χ0v) is 22.3. The van der Waals surface area contributed by atoms with E-state index in [0.717, 1.165) is 27.8 Å². The van der Waals surface area contributed by atoms with Crippen molar-refractivity contribution in [2.75, 3.05) is 27.2 Å². The highest BCUT2D eigenvalue weighted by atomic mass is 16.6. The summed E-state index contributed by atoms with van der Waals surface area (Å²) in [6, 6.07) is 24.8. The van der Waals surface area contributed by atoms with Gasteiger partial charge in [-0.25, -0.2) is 4.79 Å². The minimum absolute atomic E-state index is 0.0741. The maximum absolute atomic E-state index is 13.3. The number of rotatable bonds is 9. The van der Waals surface area contributed by atoms with E-state index in [1.165, 1.54) is 16.8 Å². The van der Waals surface area contributed by atoms with Crippen LogP contribution >= 0.6 is 0 Å². The quantitative estimate of drug-likeness (QED) is 0.372. The van der Waals surface area contributed by atoms with Crippen LogP contribution in [0.15, 0.2) is 78.9 Å². The Morgan fingerprint density at radius 3 is 1.92 bits per heavy atom. The summed E-state index contributed by atoms with van der Waals surface area (Å²) < 4.78 is 11.1. The number of hydrogen-bond donors (Lipinski definition) is 0. The lowest BCUT2D eigenvalue weighted by molar-refractivity contribution is -0.151. The Labute approximate surface area is 224 Å². The predicted octanol–water partition coefficient (Wildman–Crippen LogP) is 5.09. The molecule has 2 amide bonds. The molecule has 0 saturated heterocycles. The zero-order chi connectivity index (χ0) is 27.2. The second kappa shape index (κ2) is 11.9. The van der Waals surface area contributed by atoms with Gasteiger partial charge in [-0.15, -0.1) is 0 Å². The number of nitrogens with zero attached hydrogens (tertiary/aromatic N) is 2. The smallest absolute Gasteiger partial charge is 0.410 e. The second-order valence-corrected chi connectivity index (χ2v) is 9.94. The minimum Gasteiger partial charge on any atom is -0.459 e. The van der Waals surface area contributed by atoms with Crippen LogP contribution in [0.25, 0.3) is 11.1 Å². The Morgan fingerprint density at radius 2 is 1.34 bits per heavy atom. The number of ether oxygens (including phenoxy) is 2. The topological polar surface area (TPSA) is 76.2 Å². The maximum Gasteiger partial charge on any atom is 0.410 e. The number of fused-ring (bicyclic) bond motifs is 3. The summed E-state index contributed by atoms with van der Waals surface area (Å²) in [5.74, 6) is -1.14. The molecule has 4 rings (SSSR count).